The summed E-state index contributed by atoms with van der Waals surface area (Å²) in [6.45, 7) is 3.22. The molecule has 0 spiro atoms. The largest absolute Gasteiger partial charge is 0.339 e. The van der Waals surface area contributed by atoms with Crippen molar-refractivity contribution in [3.8, 4) is 0 Å². The van der Waals surface area contributed by atoms with Crippen molar-refractivity contribution in [2.45, 2.75) is 24.7 Å². The first-order valence-corrected chi connectivity index (χ1v) is 8.69. The van der Waals surface area contributed by atoms with Gasteiger partial charge < -0.3 is 4.90 Å². The van der Waals surface area contributed by atoms with E-state index in [0.29, 0.717) is 18.7 Å². The van der Waals surface area contributed by atoms with E-state index >= 15 is 0 Å². The van der Waals surface area contributed by atoms with Gasteiger partial charge in [-0.2, -0.15) is 0 Å². The van der Waals surface area contributed by atoms with Gasteiger partial charge in [-0.25, -0.2) is 0 Å². The number of nitrogens with zero attached hydrogens (tertiary/aromatic N) is 1. The molecular formula is C20H21NO2S. The van der Waals surface area contributed by atoms with Crippen molar-refractivity contribution in [1.29, 1.82) is 0 Å². The lowest BCUT2D eigenvalue weighted by atomic mass is 9.88. The molecule has 0 radical (unpaired) electrons. The molecule has 0 N–H and O–H groups in total. The van der Waals surface area contributed by atoms with Crippen molar-refractivity contribution in [3.05, 3.63) is 65.2 Å². The molecule has 1 saturated heterocycles. The first-order valence-electron chi connectivity index (χ1n) is 8.24. The highest BCUT2D eigenvalue weighted by Gasteiger charge is 2.28. The van der Waals surface area contributed by atoms with E-state index in [4.69, 9.17) is 0 Å². The van der Waals surface area contributed by atoms with E-state index in [1.165, 1.54) is 0 Å². The maximum atomic E-state index is 12.7. The lowest BCUT2D eigenvalue weighted by Crippen LogP contribution is -2.40. The third kappa shape index (κ3) is 3.54. The standard InChI is InChI=1S/C20H21NO2S/c1-14-13-17(7-8-18(14)24)19(22)15-9-11-21(12-10-15)20(23)16-5-3-2-4-6-16/h2-8,13,15,24H,9-12H2,1H3. The summed E-state index contributed by atoms with van der Waals surface area (Å²) in [5.41, 5.74) is 2.47. The van der Waals surface area contributed by atoms with Gasteiger partial charge in [0.2, 0.25) is 0 Å². The Morgan fingerprint density at radius 3 is 2.29 bits per heavy atom. The van der Waals surface area contributed by atoms with E-state index in [1.54, 1.807) is 0 Å². The molecule has 2 aromatic rings. The average molecular weight is 339 g/mol. The van der Waals surface area contributed by atoms with E-state index in [0.717, 1.165) is 28.9 Å². The second-order valence-corrected chi connectivity index (χ2v) is 6.78. The molecule has 1 heterocycles. The fraction of sp³-hybridized carbons (Fsp3) is 0.300. The molecule has 2 aromatic carbocycles. The molecule has 0 bridgehead atoms. The summed E-state index contributed by atoms with van der Waals surface area (Å²) in [4.78, 5) is 27.9. The van der Waals surface area contributed by atoms with Gasteiger partial charge >= 0.3 is 0 Å². The highest BCUT2D eigenvalue weighted by atomic mass is 32.1. The fourth-order valence-corrected chi connectivity index (χ4v) is 3.29. The summed E-state index contributed by atoms with van der Waals surface area (Å²) in [5, 5.41) is 0. The van der Waals surface area contributed by atoms with Crippen molar-refractivity contribution < 1.29 is 9.59 Å². The lowest BCUT2D eigenvalue weighted by molar-refractivity contribution is 0.0650. The van der Waals surface area contributed by atoms with Crippen LogP contribution >= 0.6 is 12.6 Å². The number of thiol groups is 1. The normalized spacial score (nSPS) is 15.3. The van der Waals surface area contributed by atoms with E-state index in [-0.39, 0.29) is 17.6 Å². The molecule has 1 aliphatic rings. The highest BCUT2D eigenvalue weighted by Crippen LogP contribution is 2.24. The van der Waals surface area contributed by atoms with Crippen molar-refractivity contribution >= 4 is 24.3 Å². The van der Waals surface area contributed by atoms with Crippen LogP contribution in [0.15, 0.2) is 53.4 Å². The van der Waals surface area contributed by atoms with Gasteiger partial charge in [0.05, 0.1) is 0 Å². The Balaban J connectivity index is 1.63. The number of aryl methyl sites for hydroxylation is 1. The molecule has 1 fully saturated rings. The van der Waals surface area contributed by atoms with Crippen LogP contribution in [0.3, 0.4) is 0 Å². The molecule has 4 heteroatoms. The van der Waals surface area contributed by atoms with Crippen LogP contribution in [-0.4, -0.2) is 29.7 Å². The number of carbonyl (C=O) groups is 2. The molecule has 0 saturated carbocycles. The molecule has 0 aromatic heterocycles. The first-order chi connectivity index (χ1) is 11.6. The third-order valence-corrected chi connectivity index (χ3v) is 5.16. The zero-order valence-corrected chi connectivity index (χ0v) is 14.6. The Labute approximate surface area is 148 Å². The van der Waals surface area contributed by atoms with Crippen LogP contribution in [0.2, 0.25) is 0 Å². The number of ketones is 1. The third-order valence-electron chi connectivity index (χ3n) is 4.66. The van der Waals surface area contributed by atoms with Crippen LogP contribution in [0, 0.1) is 12.8 Å². The zero-order chi connectivity index (χ0) is 17.1. The second-order valence-electron chi connectivity index (χ2n) is 6.30. The molecule has 0 unspecified atom stereocenters. The smallest absolute Gasteiger partial charge is 0.253 e. The molecule has 1 amide bonds. The van der Waals surface area contributed by atoms with E-state index in [2.05, 4.69) is 12.6 Å². The molecule has 0 atom stereocenters. The Morgan fingerprint density at radius 2 is 1.67 bits per heavy atom. The zero-order valence-electron chi connectivity index (χ0n) is 13.7. The quantitative estimate of drug-likeness (QED) is 0.677. The molecule has 1 aliphatic heterocycles. The summed E-state index contributed by atoms with van der Waals surface area (Å²) in [6.07, 6.45) is 1.44. The van der Waals surface area contributed by atoms with Crippen LogP contribution in [0.25, 0.3) is 0 Å². The van der Waals surface area contributed by atoms with Crippen molar-refractivity contribution in [3.63, 3.8) is 0 Å². The van der Waals surface area contributed by atoms with Crippen LogP contribution < -0.4 is 0 Å². The number of likely N-dealkylation sites (tertiary alicyclic amines) is 1. The first kappa shape index (κ1) is 16.8. The van der Waals surface area contributed by atoms with Crippen molar-refractivity contribution in [1.82, 2.24) is 4.90 Å². The average Bonchev–Trinajstić information content (AvgIpc) is 2.63. The topological polar surface area (TPSA) is 37.4 Å². The fourth-order valence-electron chi connectivity index (χ4n) is 3.15. The Morgan fingerprint density at radius 1 is 1.00 bits per heavy atom. The summed E-state index contributed by atoms with van der Waals surface area (Å²) >= 11 is 4.35. The molecule has 3 rings (SSSR count). The second kappa shape index (κ2) is 7.22. The molecule has 0 aliphatic carbocycles. The number of piperidine rings is 1. The number of amides is 1. The number of Topliss-reactive ketones (excluding diaryl/α,β-unsaturated/α-hetero) is 1. The van der Waals surface area contributed by atoms with E-state index in [1.807, 2.05) is 60.4 Å². The van der Waals surface area contributed by atoms with Crippen molar-refractivity contribution in [2.24, 2.45) is 5.92 Å². The van der Waals surface area contributed by atoms with Gasteiger partial charge in [0.25, 0.3) is 5.91 Å². The van der Waals surface area contributed by atoms with Gasteiger partial charge in [-0.05, 0) is 49.6 Å². The molecule has 24 heavy (non-hydrogen) atoms. The number of hydrogen-bond acceptors (Lipinski definition) is 3. The Bertz CT molecular complexity index is 749. The van der Waals surface area contributed by atoms with Gasteiger partial charge in [-0.15, -0.1) is 12.6 Å². The Kier molecular flexibility index (Phi) is 5.05. The molecule has 3 nitrogen and oxygen atoms in total. The summed E-state index contributed by atoms with van der Waals surface area (Å²) in [5.74, 6) is 0.227. The van der Waals surface area contributed by atoms with E-state index in [9.17, 15) is 9.59 Å². The minimum absolute atomic E-state index is 0.00464. The molecular weight excluding hydrogens is 318 g/mol. The van der Waals surface area contributed by atoms with E-state index < -0.39 is 0 Å². The maximum Gasteiger partial charge on any atom is 0.253 e. The Hall–Kier alpha value is -2.07. The van der Waals surface area contributed by atoms with Crippen LogP contribution in [0.1, 0.15) is 39.1 Å². The lowest BCUT2D eigenvalue weighted by Gasteiger charge is -2.31. The van der Waals surface area contributed by atoms with Crippen molar-refractivity contribution in [2.75, 3.05) is 13.1 Å². The number of carbonyl (C=O) groups excluding carboxylic acids is 2. The number of rotatable bonds is 3. The van der Waals surface area contributed by atoms with Gasteiger partial charge in [-0.1, -0.05) is 24.3 Å². The summed E-state index contributed by atoms with van der Waals surface area (Å²) in [6, 6.07) is 14.9. The summed E-state index contributed by atoms with van der Waals surface area (Å²) in [7, 11) is 0. The van der Waals surface area contributed by atoms with Crippen LogP contribution in [-0.2, 0) is 0 Å². The SMILES string of the molecule is Cc1cc(C(=O)C2CCN(C(=O)c3ccccc3)CC2)ccc1S. The molecule has 124 valence electrons. The van der Waals surface area contributed by atoms with Crippen LogP contribution in [0.5, 0.6) is 0 Å². The number of benzene rings is 2. The van der Waals surface area contributed by atoms with Crippen LogP contribution in [0.4, 0.5) is 0 Å². The predicted octanol–water partition coefficient (Wildman–Crippen LogP) is 4.02. The number of hydrogen-bond donors (Lipinski definition) is 1. The maximum absolute atomic E-state index is 12.7. The minimum atomic E-state index is -0.00464. The monoisotopic (exact) mass is 339 g/mol. The van der Waals surface area contributed by atoms with Gasteiger partial charge in [0, 0.05) is 35.0 Å². The van der Waals surface area contributed by atoms with Gasteiger partial charge in [-0.3, -0.25) is 9.59 Å². The minimum Gasteiger partial charge on any atom is -0.339 e. The predicted molar refractivity (Wildman–Crippen MR) is 97.8 cm³/mol. The van der Waals surface area contributed by atoms with Gasteiger partial charge in [0.15, 0.2) is 5.78 Å². The summed E-state index contributed by atoms with van der Waals surface area (Å²) < 4.78 is 0. The highest BCUT2D eigenvalue weighted by molar-refractivity contribution is 7.80. The van der Waals surface area contributed by atoms with Gasteiger partial charge in [0.1, 0.15) is 0 Å².